The third-order valence-electron chi connectivity index (χ3n) is 4.28. The lowest BCUT2D eigenvalue weighted by Gasteiger charge is -2.21. The SMILES string of the molecule is O=S(=O)(c1ccc(Cl)cc1)N1N=C(c2ccc(Br)cc2)C[C@H]1c1ccco1. The maximum absolute atomic E-state index is 13.2. The van der Waals surface area contributed by atoms with Crippen LogP contribution in [0.1, 0.15) is 23.8 Å². The summed E-state index contributed by atoms with van der Waals surface area (Å²) in [7, 11) is -3.86. The van der Waals surface area contributed by atoms with E-state index in [0.717, 1.165) is 14.5 Å². The minimum atomic E-state index is -3.86. The van der Waals surface area contributed by atoms with Crippen LogP contribution >= 0.6 is 27.5 Å². The first-order chi connectivity index (χ1) is 12.9. The summed E-state index contributed by atoms with van der Waals surface area (Å²) in [5.41, 5.74) is 1.55. The largest absolute Gasteiger partial charge is 0.467 e. The van der Waals surface area contributed by atoms with E-state index in [9.17, 15) is 8.42 Å². The lowest BCUT2D eigenvalue weighted by atomic mass is 10.0. The van der Waals surface area contributed by atoms with Crippen molar-refractivity contribution >= 4 is 43.3 Å². The molecule has 0 amide bonds. The zero-order valence-corrected chi connectivity index (χ0v) is 17.1. The summed E-state index contributed by atoms with van der Waals surface area (Å²) in [4.78, 5) is 0.129. The van der Waals surface area contributed by atoms with Crippen LogP contribution in [-0.4, -0.2) is 18.5 Å². The minimum Gasteiger partial charge on any atom is -0.467 e. The Hall–Kier alpha value is -2.09. The molecule has 0 saturated carbocycles. The molecule has 0 spiro atoms. The highest BCUT2D eigenvalue weighted by Crippen LogP contribution is 2.37. The van der Waals surface area contributed by atoms with Gasteiger partial charge in [-0.15, -0.1) is 0 Å². The fourth-order valence-electron chi connectivity index (χ4n) is 2.93. The normalized spacial score (nSPS) is 17.2. The molecule has 2 aromatic carbocycles. The Bertz CT molecular complexity index is 1080. The second-order valence-electron chi connectivity index (χ2n) is 6.02. The second-order valence-corrected chi connectivity index (χ2v) is 9.17. The molecule has 2 heterocycles. The third-order valence-corrected chi connectivity index (χ3v) is 6.76. The molecular weight excluding hydrogens is 452 g/mol. The molecule has 0 saturated heterocycles. The molecule has 1 aliphatic heterocycles. The number of hydrogen-bond acceptors (Lipinski definition) is 4. The van der Waals surface area contributed by atoms with E-state index < -0.39 is 16.1 Å². The van der Waals surface area contributed by atoms with E-state index in [1.165, 1.54) is 18.4 Å². The molecule has 1 aliphatic rings. The molecule has 3 aromatic rings. The lowest BCUT2D eigenvalue weighted by molar-refractivity contribution is 0.320. The van der Waals surface area contributed by atoms with Gasteiger partial charge in [0, 0.05) is 15.9 Å². The van der Waals surface area contributed by atoms with E-state index in [4.69, 9.17) is 16.0 Å². The Balaban J connectivity index is 1.78. The molecular formula is C19H14BrClN2O3S. The van der Waals surface area contributed by atoms with Gasteiger partial charge in [-0.05, 0) is 54.1 Å². The van der Waals surface area contributed by atoms with Gasteiger partial charge in [-0.2, -0.15) is 17.9 Å². The first kappa shape index (κ1) is 18.3. The zero-order chi connectivity index (χ0) is 19.0. The van der Waals surface area contributed by atoms with Crippen LogP contribution in [0.25, 0.3) is 0 Å². The number of furan rings is 1. The first-order valence-corrected chi connectivity index (χ1v) is 10.7. The summed E-state index contributed by atoms with van der Waals surface area (Å²) in [5.74, 6) is 0.545. The molecule has 1 atom stereocenters. The quantitative estimate of drug-likeness (QED) is 0.529. The van der Waals surface area contributed by atoms with Crippen LogP contribution in [0.4, 0.5) is 0 Å². The monoisotopic (exact) mass is 464 g/mol. The average Bonchev–Trinajstić information content (AvgIpc) is 3.32. The maximum Gasteiger partial charge on any atom is 0.279 e. The van der Waals surface area contributed by atoms with Gasteiger partial charge in [-0.25, -0.2) is 0 Å². The van der Waals surface area contributed by atoms with Gasteiger partial charge in [-0.3, -0.25) is 0 Å². The van der Waals surface area contributed by atoms with E-state index >= 15 is 0 Å². The van der Waals surface area contributed by atoms with Crippen molar-refractivity contribution in [3.8, 4) is 0 Å². The smallest absolute Gasteiger partial charge is 0.279 e. The summed E-state index contributed by atoms with van der Waals surface area (Å²) in [6.07, 6.45) is 1.95. The number of hydrogen-bond donors (Lipinski definition) is 0. The van der Waals surface area contributed by atoms with Crippen LogP contribution in [0.5, 0.6) is 0 Å². The predicted octanol–water partition coefficient (Wildman–Crippen LogP) is 5.24. The van der Waals surface area contributed by atoms with Crippen molar-refractivity contribution in [2.24, 2.45) is 5.10 Å². The standard InChI is InChI=1S/C19H14BrClN2O3S/c20-14-5-3-13(4-6-14)17-12-18(19-2-1-11-26-19)23(22-17)27(24,25)16-9-7-15(21)8-10-16/h1-11,18H,12H2/t18-/m0/s1. The van der Waals surface area contributed by atoms with Crippen molar-refractivity contribution in [2.45, 2.75) is 17.4 Å². The number of sulfonamides is 1. The average molecular weight is 466 g/mol. The van der Waals surface area contributed by atoms with Gasteiger partial charge < -0.3 is 4.42 Å². The van der Waals surface area contributed by atoms with Crippen LogP contribution in [0.2, 0.25) is 5.02 Å². The maximum atomic E-state index is 13.2. The molecule has 8 heteroatoms. The highest BCUT2D eigenvalue weighted by atomic mass is 79.9. The summed E-state index contributed by atoms with van der Waals surface area (Å²) in [5, 5.41) is 4.92. The van der Waals surface area contributed by atoms with Gasteiger partial charge >= 0.3 is 0 Å². The van der Waals surface area contributed by atoms with Gasteiger partial charge in [0.15, 0.2) is 0 Å². The van der Waals surface area contributed by atoms with Crippen molar-refractivity contribution in [3.63, 3.8) is 0 Å². The molecule has 0 N–H and O–H groups in total. The topological polar surface area (TPSA) is 62.9 Å². The molecule has 0 bridgehead atoms. The van der Waals surface area contributed by atoms with E-state index in [1.54, 1.807) is 24.3 Å². The van der Waals surface area contributed by atoms with Crippen LogP contribution in [0, 0.1) is 0 Å². The number of benzene rings is 2. The summed E-state index contributed by atoms with van der Waals surface area (Å²) in [6.45, 7) is 0. The number of halogens is 2. The fourth-order valence-corrected chi connectivity index (χ4v) is 4.74. The Labute approximate surface area is 170 Å². The summed E-state index contributed by atoms with van der Waals surface area (Å²) in [6, 6.07) is 16.6. The Morgan fingerprint density at radius 1 is 1.07 bits per heavy atom. The van der Waals surface area contributed by atoms with Gasteiger partial charge in [0.1, 0.15) is 11.8 Å². The van der Waals surface area contributed by atoms with E-state index in [-0.39, 0.29) is 4.90 Å². The van der Waals surface area contributed by atoms with Crippen molar-refractivity contribution in [3.05, 3.63) is 87.7 Å². The number of hydrazone groups is 1. The zero-order valence-electron chi connectivity index (χ0n) is 13.9. The molecule has 4 rings (SSSR count). The van der Waals surface area contributed by atoms with Crippen molar-refractivity contribution in [2.75, 3.05) is 0 Å². The molecule has 0 unspecified atom stereocenters. The Kier molecular flexibility index (Phi) is 4.84. The molecule has 0 aliphatic carbocycles. The third kappa shape index (κ3) is 3.54. The molecule has 138 valence electrons. The highest BCUT2D eigenvalue weighted by Gasteiger charge is 2.39. The van der Waals surface area contributed by atoms with Gasteiger partial charge in [-0.1, -0.05) is 39.7 Å². The van der Waals surface area contributed by atoms with Gasteiger partial charge in [0.2, 0.25) is 0 Å². The molecule has 27 heavy (non-hydrogen) atoms. The van der Waals surface area contributed by atoms with E-state index in [0.29, 0.717) is 22.9 Å². The van der Waals surface area contributed by atoms with Crippen LogP contribution in [-0.2, 0) is 10.0 Å². The lowest BCUT2D eigenvalue weighted by Crippen LogP contribution is -2.27. The molecule has 5 nitrogen and oxygen atoms in total. The highest BCUT2D eigenvalue weighted by molar-refractivity contribution is 9.10. The van der Waals surface area contributed by atoms with Crippen molar-refractivity contribution in [1.29, 1.82) is 0 Å². The molecule has 0 radical (unpaired) electrons. The summed E-state index contributed by atoms with van der Waals surface area (Å²) >= 11 is 9.30. The second kappa shape index (κ2) is 7.14. The van der Waals surface area contributed by atoms with E-state index in [1.807, 2.05) is 24.3 Å². The van der Waals surface area contributed by atoms with E-state index in [2.05, 4.69) is 21.0 Å². The van der Waals surface area contributed by atoms with Crippen LogP contribution in [0.3, 0.4) is 0 Å². The van der Waals surface area contributed by atoms with Crippen LogP contribution < -0.4 is 0 Å². The van der Waals surface area contributed by atoms with Gasteiger partial charge in [0.25, 0.3) is 10.0 Å². The number of rotatable bonds is 4. The fraction of sp³-hybridized carbons (Fsp3) is 0.105. The molecule has 1 aromatic heterocycles. The minimum absolute atomic E-state index is 0.129. The predicted molar refractivity (Wildman–Crippen MR) is 107 cm³/mol. The van der Waals surface area contributed by atoms with Crippen molar-refractivity contribution < 1.29 is 12.8 Å². The van der Waals surface area contributed by atoms with Gasteiger partial charge in [0.05, 0.1) is 16.9 Å². The Morgan fingerprint density at radius 3 is 2.41 bits per heavy atom. The molecule has 0 fully saturated rings. The summed E-state index contributed by atoms with van der Waals surface area (Å²) < 4.78 is 34.0. The Morgan fingerprint density at radius 2 is 1.78 bits per heavy atom. The number of nitrogens with zero attached hydrogens (tertiary/aromatic N) is 2. The van der Waals surface area contributed by atoms with Crippen LogP contribution in [0.15, 0.2) is 85.8 Å². The van der Waals surface area contributed by atoms with Crippen molar-refractivity contribution in [1.82, 2.24) is 4.41 Å². The first-order valence-electron chi connectivity index (χ1n) is 8.12.